The summed E-state index contributed by atoms with van der Waals surface area (Å²) >= 11 is 0. The van der Waals surface area contributed by atoms with Crippen LogP contribution in [0.4, 0.5) is 9.18 Å². The summed E-state index contributed by atoms with van der Waals surface area (Å²) in [5, 5.41) is 9.75. The average molecular weight is 174 g/mol. The molecule has 1 aliphatic heterocycles. The smallest absolute Gasteiger partial charge is 0.354 e. The molecular formula is C5H3FN2O4. The van der Waals surface area contributed by atoms with E-state index in [1.54, 1.807) is 0 Å². The number of aliphatic imine (C=N–C) groups is 1. The highest BCUT2D eigenvalue weighted by Crippen LogP contribution is 2.02. The maximum Gasteiger partial charge on any atom is 0.354 e. The van der Waals surface area contributed by atoms with Crippen LogP contribution in [-0.4, -0.2) is 34.9 Å². The van der Waals surface area contributed by atoms with Crippen molar-refractivity contribution in [3.05, 3.63) is 0 Å². The maximum absolute atomic E-state index is 12.6. The number of rotatable bonds is 1. The summed E-state index contributed by atoms with van der Waals surface area (Å²) < 4.78 is 12.6. The van der Waals surface area contributed by atoms with Gasteiger partial charge in [0, 0.05) is 0 Å². The molecule has 1 unspecified atom stereocenters. The van der Waals surface area contributed by atoms with Crippen LogP contribution in [0.15, 0.2) is 4.99 Å². The van der Waals surface area contributed by atoms with E-state index in [0.29, 0.717) is 0 Å². The van der Waals surface area contributed by atoms with Crippen LogP contribution in [0.25, 0.3) is 0 Å². The number of aliphatic carboxylic acids is 1. The van der Waals surface area contributed by atoms with E-state index < -0.39 is 29.8 Å². The van der Waals surface area contributed by atoms with Gasteiger partial charge in [0.2, 0.25) is 6.17 Å². The number of carbonyl (C=O) groups is 3. The number of nitrogens with zero attached hydrogens (tertiary/aromatic N) is 1. The third-order valence-corrected chi connectivity index (χ3v) is 1.14. The molecule has 0 aromatic heterocycles. The zero-order valence-corrected chi connectivity index (χ0v) is 5.57. The number of carboxylic acids is 1. The zero-order chi connectivity index (χ0) is 9.30. The molecule has 0 fully saturated rings. The molecule has 1 aliphatic rings. The Bertz CT molecular complexity index is 298. The Morgan fingerprint density at radius 2 is 2.17 bits per heavy atom. The molecule has 1 atom stereocenters. The van der Waals surface area contributed by atoms with Gasteiger partial charge in [-0.25, -0.2) is 14.0 Å². The minimum Gasteiger partial charge on any atom is -0.477 e. The summed E-state index contributed by atoms with van der Waals surface area (Å²) in [6.45, 7) is 0. The van der Waals surface area contributed by atoms with Gasteiger partial charge in [-0.1, -0.05) is 0 Å². The van der Waals surface area contributed by atoms with E-state index >= 15 is 0 Å². The number of urea groups is 1. The van der Waals surface area contributed by atoms with Gasteiger partial charge in [0.1, 0.15) is 0 Å². The Morgan fingerprint density at radius 3 is 2.67 bits per heavy atom. The summed E-state index contributed by atoms with van der Waals surface area (Å²) in [5.74, 6) is -3.02. The second-order valence-electron chi connectivity index (χ2n) is 1.96. The van der Waals surface area contributed by atoms with Crippen LogP contribution in [0.1, 0.15) is 0 Å². The van der Waals surface area contributed by atoms with Crippen molar-refractivity contribution in [1.29, 1.82) is 0 Å². The topological polar surface area (TPSA) is 95.8 Å². The van der Waals surface area contributed by atoms with E-state index in [4.69, 9.17) is 5.11 Å². The number of halogens is 1. The Morgan fingerprint density at radius 1 is 1.58 bits per heavy atom. The normalized spacial score (nSPS) is 23.1. The predicted octanol–water partition coefficient (Wildman–Crippen LogP) is -0.900. The number of hydrogen-bond donors (Lipinski definition) is 2. The van der Waals surface area contributed by atoms with E-state index in [2.05, 4.69) is 4.99 Å². The fourth-order valence-corrected chi connectivity index (χ4v) is 0.643. The third-order valence-electron chi connectivity index (χ3n) is 1.14. The highest BCUT2D eigenvalue weighted by Gasteiger charge is 2.34. The van der Waals surface area contributed by atoms with Crippen molar-refractivity contribution >= 4 is 23.6 Å². The lowest BCUT2D eigenvalue weighted by atomic mass is 10.2. The van der Waals surface area contributed by atoms with Crippen LogP contribution in [0.5, 0.6) is 0 Å². The van der Waals surface area contributed by atoms with Gasteiger partial charge in [-0.3, -0.25) is 10.1 Å². The highest BCUT2D eigenvalue weighted by atomic mass is 19.1. The lowest BCUT2D eigenvalue weighted by molar-refractivity contribution is -0.131. The first-order chi connectivity index (χ1) is 5.52. The average Bonchev–Trinajstić information content (AvgIpc) is 1.96. The van der Waals surface area contributed by atoms with Crippen LogP contribution >= 0.6 is 0 Å². The van der Waals surface area contributed by atoms with Gasteiger partial charge in [0.15, 0.2) is 5.71 Å². The third kappa shape index (κ3) is 1.29. The molecule has 0 saturated heterocycles. The molecule has 0 aromatic carbocycles. The molecular weight excluding hydrogens is 171 g/mol. The number of carbonyl (C=O) groups excluding carboxylic acids is 2. The second-order valence-corrected chi connectivity index (χ2v) is 1.96. The van der Waals surface area contributed by atoms with Crippen LogP contribution in [-0.2, 0) is 9.59 Å². The lowest BCUT2D eigenvalue weighted by Gasteiger charge is -2.11. The van der Waals surface area contributed by atoms with E-state index in [1.807, 2.05) is 0 Å². The second kappa shape index (κ2) is 2.68. The number of hydrogen-bond acceptors (Lipinski definition) is 3. The first-order valence-electron chi connectivity index (χ1n) is 2.83. The van der Waals surface area contributed by atoms with Crippen LogP contribution in [0.3, 0.4) is 0 Å². The van der Waals surface area contributed by atoms with Gasteiger partial charge in [0.25, 0.3) is 5.91 Å². The largest absolute Gasteiger partial charge is 0.477 e. The standard InChI is InChI=1S/C5H3FN2O4/c6-1-2(4(10)11)7-5(12)8-3(1)9/h1H,(H,10,11)(H,8,9,12). The lowest BCUT2D eigenvalue weighted by Crippen LogP contribution is -2.47. The van der Waals surface area contributed by atoms with E-state index in [0.717, 1.165) is 0 Å². The van der Waals surface area contributed by atoms with Crippen molar-refractivity contribution in [2.75, 3.05) is 0 Å². The van der Waals surface area contributed by atoms with Gasteiger partial charge in [-0.2, -0.15) is 4.99 Å². The van der Waals surface area contributed by atoms with E-state index in [-0.39, 0.29) is 0 Å². The molecule has 12 heavy (non-hydrogen) atoms. The molecule has 0 spiro atoms. The Kier molecular flexibility index (Phi) is 1.86. The van der Waals surface area contributed by atoms with Crippen LogP contribution in [0.2, 0.25) is 0 Å². The van der Waals surface area contributed by atoms with Gasteiger partial charge in [0.05, 0.1) is 0 Å². The summed E-state index contributed by atoms with van der Waals surface area (Å²) in [4.78, 5) is 33.8. The van der Waals surface area contributed by atoms with Gasteiger partial charge < -0.3 is 5.11 Å². The molecule has 0 aliphatic carbocycles. The number of nitrogens with one attached hydrogen (secondary N) is 1. The molecule has 0 saturated carbocycles. The summed E-state index contributed by atoms with van der Waals surface area (Å²) in [6.07, 6.45) is -2.37. The molecule has 3 amide bonds. The quantitative estimate of drug-likeness (QED) is 0.538. The number of amides is 3. The van der Waals surface area contributed by atoms with Crippen molar-refractivity contribution in [3.63, 3.8) is 0 Å². The van der Waals surface area contributed by atoms with E-state index in [1.165, 1.54) is 5.32 Å². The van der Waals surface area contributed by atoms with Crippen molar-refractivity contribution in [2.24, 2.45) is 4.99 Å². The molecule has 64 valence electrons. The van der Waals surface area contributed by atoms with E-state index in [9.17, 15) is 18.8 Å². The maximum atomic E-state index is 12.6. The number of carboxylic acid groups (broad SMARTS) is 1. The van der Waals surface area contributed by atoms with Gasteiger partial charge >= 0.3 is 12.0 Å². The summed E-state index contributed by atoms with van der Waals surface area (Å²) in [7, 11) is 0. The highest BCUT2D eigenvalue weighted by molar-refractivity contribution is 6.44. The van der Waals surface area contributed by atoms with Gasteiger partial charge in [-0.15, -0.1) is 0 Å². The predicted molar refractivity (Wildman–Crippen MR) is 33.5 cm³/mol. The minimum absolute atomic E-state index is 1.08. The Balaban J connectivity index is 3.04. The van der Waals surface area contributed by atoms with Crippen molar-refractivity contribution in [3.8, 4) is 0 Å². The SMILES string of the molecule is O=C1N=C(C(=O)O)C(F)C(=O)N1. The first kappa shape index (κ1) is 8.31. The molecule has 1 heterocycles. The summed E-state index contributed by atoms with van der Waals surface area (Å²) in [5.41, 5.74) is -1.08. The minimum atomic E-state index is -2.37. The fraction of sp³-hybridized carbons (Fsp3) is 0.200. The van der Waals surface area contributed by atoms with Gasteiger partial charge in [-0.05, 0) is 0 Å². The monoisotopic (exact) mass is 174 g/mol. The molecule has 2 N–H and O–H groups in total. The fourth-order valence-electron chi connectivity index (χ4n) is 0.643. The molecule has 0 radical (unpaired) electrons. The van der Waals surface area contributed by atoms with Crippen LogP contribution in [0, 0.1) is 0 Å². The molecule has 6 nitrogen and oxygen atoms in total. The zero-order valence-electron chi connectivity index (χ0n) is 5.57. The molecule has 7 heteroatoms. The Labute approximate surface area is 65.1 Å². The van der Waals surface area contributed by atoms with Crippen molar-refractivity contribution in [1.82, 2.24) is 5.32 Å². The molecule has 1 rings (SSSR count). The number of imide groups is 1. The van der Waals surface area contributed by atoms with Crippen molar-refractivity contribution < 1.29 is 23.9 Å². The summed E-state index contributed by atoms with van der Waals surface area (Å²) in [6, 6.07) is -1.16. The number of alkyl halides is 1. The molecule has 0 bridgehead atoms. The molecule has 0 aromatic rings. The first-order valence-corrected chi connectivity index (χ1v) is 2.83. The van der Waals surface area contributed by atoms with Crippen molar-refractivity contribution in [2.45, 2.75) is 6.17 Å². The Hall–Kier alpha value is -1.79. The van der Waals surface area contributed by atoms with Crippen LogP contribution < -0.4 is 5.32 Å².